The van der Waals surface area contributed by atoms with Gasteiger partial charge in [0.15, 0.2) is 0 Å². The summed E-state index contributed by atoms with van der Waals surface area (Å²) in [7, 11) is 2.12. The average Bonchev–Trinajstić information content (AvgIpc) is 3.13. The van der Waals surface area contributed by atoms with Crippen LogP contribution < -0.4 is 9.80 Å². The molecule has 2 nitrogen and oxygen atoms in total. The number of nitrogens with zero attached hydrogens (tertiary/aromatic N) is 2. The van der Waals surface area contributed by atoms with Crippen molar-refractivity contribution in [1.29, 1.82) is 0 Å². The Morgan fingerprint density at radius 1 is 0.267 bits per heavy atom. The van der Waals surface area contributed by atoms with E-state index in [-0.39, 0.29) is 0 Å². The lowest BCUT2D eigenvalue weighted by molar-refractivity contribution is 1.21. The molecule has 0 heterocycles. The molecule has 216 valence electrons. The Hall–Kier alpha value is -5.86. The van der Waals surface area contributed by atoms with Crippen LogP contribution in [0.1, 0.15) is 0 Å². The van der Waals surface area contributed by atoms with Crippen LogP contribution in [-0.2, 0) is 0 Å². The molecular formula is C43H34N2. The summed E-state index contributed by atoms with van der Waals surface area (Å²) < 4.78 is 0. The Morgan fingerprint density at radius 2 is 0.622 bits per heavy atom. The van der Waals surface area contributed by atoms with Crippen molar-refractivity contribution in [1.82, 2.24) is 0 Å². The zero-order chi connectivity index (χ0) is 30.4. The van der Waals surface area contributed by atoms with Crippen LogP contribution in [-0.4, -0.2) is 7.05 Å². The second-order valence-corrected chi connectivity index (χ2v) is 11.2. The molecule has 7 aromatic carbocycles. The van der Waals surface area contributed by atoms with Crippen molar-refractivity contribution in [3.8, 4) is 33.4 Å². The molecule has 0 saturated carbocycles. The van der Waals surface area contributed by atoms with E-state index in [0.29, 0.717) is 0 Å². The summed E-state index contributed by atoms with van der Waals surface area (Å²) in [6, 6.07) is 66.8. The molecule has 0 spiro atoms. The van der Waals surface area contributed by atoms with Gasteiger partial charge in [0.1, 0.15) is 0 Å². The highest BCUT2D eigenvalue weighted by molar-refractivity contribution is 5.81. The predicted octanol–water partition coefficient (Wildman–Crippen LogP) is 11.9. The van der Waals surface area contributed by atoms with Crippen LogP contribution in [0.4, 0.5) is 28.4 Å². The van der Waals surface area contributed by atoms with Gasteiger partial charge in [-0.2, -0.15) is 0 Å². The molecule has 0 atom stereocenters. The van der Waals surface area contributed by atoms with Crippen molar-refractivity contribution in [3.63, 3.8) is 0 Å². The standard InChI is InChI=1S/C43H34N2/c1-44(42-21-11-17-37(31-42)33-13-5-2-6-14-33)39-27-23-35(24-28-39)36-25-29-41(30-26-36)45(40-19-9-4-10-20-40)43-22-12-18-38(32-43)34-15-7-3-8-16-34/h2-32H,1H3. The highest BCUT2D eigenvalue weighted by atomic mass is 15.1. The van der Waals surface area contributed by atoms with E-state index in [1.807, 2.05) is 0 Å². The molecule has 0 aliphatic rings. The fraction of sp³-hybridized carbons (Fsp3) is 0.0233. The number of para-hydroxylation sites is 1. The first-order chi connectivity index (χ1) is 22.2. The van der Waals surface area contributed by atoms with Crippen molar-refractivity contribution < 1.29 is 0 Å². The van der Waals surface area contributed by atoms with Crippen LogP contribution in [0.3, 0.4) is 0 Å². The van der Waals surface area contributed by atoms with Gasteiger partial charge in [-0.1, -0.05) is 127 Å². The lowest BCUT2D eigenvalue weighted by Crippen LogP contribution is -2.10. The SMILES string of the molecule is CN(c1ccc(-c2ccc(N(c3ccccc3)c3cccc(-c4ccccc4)c3)cc2)cc1)c1cccc(-c2ccccc2)c1. The quantitative estimate of drug-likeness (QED) is 0.177. The number of hydrogen-bond acceptors (Lipinski definition) is 2. The van der Waals surface area contributed by atoms with Crippen molar-refractivity contribution >= 4 is 28.4 Å². The second-order valence-electron chi connectivity index (χ2n) is 11.2. The van der Waals surface area contributed by atoms with Crippen molar-refractivity contribution in [2.75, 3.05) is 16.8 Å². The number of benzene rings is 7. The molecular weight excluding hydrogens is 544 g/mol. The van der Waals surface area contributed by atoms with Crippen molar-refractivity contribution in [3.05, 3.63) is 188 Å². The molecule has 0 bridgehead atoms. The van der Waals surface area contributed by atoms with Gasteiger partial charge in [0.2, 0.25) is 0 Å². The Bertz CT molecular complexity index is 1980. The molecule has 0 fully saturated rings. The van der Waals surface area contributed by atoms with E-state index in [1.165, 1.54) is 33.4 Å². The van der Waals surface area contributed by atoms with Gasteiger partial charge in [0.25, 0.3) is 0 Å². The third-order valence-corrected chi connectivity index (χ3v) is 8.28. The molecule has 0 amide bonds. The first-order valence-electron chi connectivity index (χ1n) is 15.3. The fourth-order valence-corrected chi connectivity index (χ4v) is 5.83. The zero-order valence-corrected chi connectivity index (χ0v) is 25.3. The van der Waals surface area contributed by atoms with E-state index < -0.39 is 0 Å². The third kappa shape index (κ3) is 6.13. The number of anilines is 5. The molecule has 0 radical (unpaired) electrons. The monoisotopic (exact) mass is 578 g/mol. The first kappa shape index (κ1) is 27.9. The van der Waals surface area contributed by atoms with E-state index in [0.717, 1.165) is 28.4 Å². The summed E-state index contributed by atoms with van der Waals surface area (Å²) in [5, 5.41) is 0. The Labute approximate surface area is 266 Å². The highest BCUT2D eigenvalue weighted by Gasteiger charge is 2.14. The fourth-order valence-electron chi connectivity index (χ4n) is 5.83. The summed E-state index contributed by atoms with van der Waals surface area (Å²) in [6.07, 6.45) is 0. The molecule has 7 rings (SSSR count). The molecule has 0 aliphatic carbocycles. The van der Waals surface area contributed by atoms with Crippen molar-refractivity contribution in [2.45, 2.75) is 0 Å². The molecule has 7 aromatic rings. The lowest BCUT2D eigenvalue weighted by Gasteiger charge is -2.26. The van der Waals surface area contributed by atoms with Gasteiger partial charge < -0.3 is 9.80 Å². The minimum Gasteiger partial charge on any atom is -0.345 e. The molecule has 0 aliphatic heterocycles. The number of rotatable bonds is 8. The van der Waals surface area contributed by atoms with E-state index in [9.17, 15) is 0 Å². The zero-order valence-electron chi connectivity index (χ0n) is 25.3. The molecule has 0 aromatic heterocycles. The Morgan fingerprint density at radius 3 is 1.16 bits per heavy atom. The smallest absolute Gasteiger partial charge is 0.0467 e. The summed E-state index contributed by atoms with van der Waals surface area (Å²) in [4.78, 5) is 4.55. The Balaban J connectivity index is 1.15. The topological polar surface area (TPSA) is 6.48 Å². The van der Waals surface area contributed by atoms with Gasteiger partial charge in [0.05, 0.1) is 0 Å². The van der Waals surface area contributed by atoms with Gasteiger partial charge >= 0.3 is 0 Å². The second kappa shape index (κ2) is 12.8. The predicted molar refractivity (Wildman–Crippen MR) is 192 cm³/mol. The van der Waals surface area contributed by atoms with Crippen LogP contribution in [0.25, 0.3) is 33.4 Å². The van der Waals surface area contributed by atoms with E-state index in [1.54, 1.807) is 0 Å². The van der Waals surface area contributed by atoms with Gasteiger partial charge in [-0.3, -0.25) is 0 Å². The molecule has 45 heavy (non-hydrogen) atoms. The summed E-state index contributed by atoms with van der Waals surface area (Å²) in [5.41, 5.74) is 12.9. The first-order valence-corrected chi connectivity index (χ1v) is 15.3. The minimum atomic E-state index is 1.12. The molecule has 2 heteroatoms. The van der Waals surface area contributed by atoms with Gasteiger partial charge in [0, 0.05) is 35.5 Å². The summed E-state index contributed by atoms with van der Waals surface area (Å²) in [5.74, 6) is 0. The highest BCUT2D eigenvalue weighted by Crippen LogP contribution is 2.37. The van der Waals surface area contributed by atoms with Gasteiger partial charge in [-0.25, -0.2) is 0 Å². The van der Waals surface area contributed by atoms with Crippen LogP contribution in [0, 0.1) is 0 Å². The van der Waals surface area contributed by atoms with E-state index in [2.05, 4.69) is 205 Å². The third-order valence-electron chi connectivity index (χ3n) is 8.28. The summed E-state index contributed by atoms with van der Waals surface area (Å²) >= 11 is 0. The van der Waals surface area contributed by atoms with Crippen molar-refractivity contribution in [2.24, 2.45) is 0 Å². The Kier molecular flexibility index (Phi) is 7.94. The maximum atomic E-state index is 2.32. The summed E-state index contributed by atoms with van der Waals surface area (Å²) in [6.45, 7) is 0. The van der Waals surface area contributed by atoms with E-state index in [4.69, 9.17) is 0 Å². The van der Waals surface area contributed by atoms with Crippen LogP contribution >= 0.6 is 0 Å². The maximum Gasteiger partial charge on any atom is 0.0467 e. The largest absolute Gasteiger partial charge is 0.345 e. The van der Waals surface area contributed by atoms with Crippen LogP contribution in [0.5, 0.6) is 0 Å². The lowest BCUT2D eigenvalue weighted by atomic mass is 10.0. The maximum absolute atomic E-state index is 2.32. The van der Waals surface area contributed by atoms with Crippen LogP contribution in [0.2, 0.25) is 0 Å². The molecule has 0 unspecified atom stereocenters. The average molecular weight is 579 g/mol. The van der Waals surface area contributed by atoms with E-state index >= 15 is 0 Å². The molecule has 0 saturated heterocycles. The number of hydrogen-bond donors (Lipinski definition) is 0. The minimum absolute atomic E-state index is 1.12. The molecule has 0 N–H and O–H groups in total. The normalized spacial score (nSPS) is 10.8. The van der Waals surface area contributed by atoms with Crippen LogP contribution in [0.15, 0.2) is 188 Å². The van der Waals surface area contributed by atoms with Gasteiger partial charge in [-0.05, 0) is 94.0 Å². The van der Waals surface area contributed by atoms with Gasteiger partial charge in [-0.15, -0.1) is 0 Å².